The Labute approximate surface area is 144 Å². The van der Waals surface area contributed by atoms with Crippen molar-refractivity contribution in [3.63, 3.8) is 0 Å². The predicted molar refractivity (Wildman–Crippen MR) is 96.5 cm³/mol. The Morgan fingerprint density at radius 1 is 1.08 bits per heavy atom. The van der Waals surface area contributed by atoms with Gasteiger partial charge in [0.1, 0.15) is 6.33 Å². The summed E-state index contributed by atoms with van der Waals surface area (Å²) in [4.78, 5) is 16.5. The standard InChI is InChI=1S/C20H14N4O/c1-23-10-9-18-19(20(23)25)22-13-24(18)16-7-4-6-14(11-16)17-8-3-2-5-15(17)12-21/h2-11,13H,1H3. The zero-order valence-corrected chi connectivity index (χ0v) is 13.5. The molecule has 2 aromatic heterocycles. The van der Waals surface area contributed by atoms with Crippen LogP contribution in [0.5, 0.6) is 0 Å². The van der Waals surface area contributed by atoms with Crippen molar-refractivity contribution < 1.29 is 0 Å². The lowest BCUT2D eigenvalue weighted by Gasteiger charge is -2.09. The van der Waals surface area contributed by atoms with Crippen LogP contribution in [0.1, 0.15) is 5.56 Å². The molecular weight excluding hydrogens is 312 g/mol. The molecule has 5 heteroatoms. The van der Waals surface area contributed by atoms with E-state index in [9.17, 15) is 10.1 Å². The summed E-state index contributed by atoms with van der Waals surface area (Å²) in [5.41, 5.74) is 4.42. The van der Waals surface area contributed by atoms with Crippen LogP contribution in [0.15, 0.2) is 71.9 Å². The number of rotatable bonds is 2. The van der Waals surface area contributed by atoms with Crippen molar-refractivity contribution in [1.29, 1.82) is 5.26 Å². The molecule has 4 aromatic rings. The summed E-state index contributed by atoms with van der Waals surface area (Å²) in [7, 11) is 1.71. The van der Waals surface area contributed by atoms with Gasteiger partial charge in [-0.15, -0.1) is 0 Å². The normalized spacial score (nSPS) is 10.7. The third-order valence-corrected chi connectivity index (χ3v) is 4.27. The molecule has 0 spiro atoms. The second kappa shape index (κ2) is 5.77. The molecule has 0 N–H and O–H groups in total. The number of benzene rings is 2. The van der Waals surface area contributed by atoms with E-state index < -0.39 is 0 Å². The molecule has 120 valence electrons. The molecule has 0 atom stereocenters. The quantitative estimate of drug-likeness (QED) is 0.568. The van der Waals surface area contributed by atoms with Gasteiger partial charge in [-0.1, -0.05) is 30.3 Å². The second-order valence-corrected chi connectivity index (χ2v) is 5.79. The summed E-state index contributed by atoms with van der Waals surface area (Å²) < 4.78 is 3.40. The number of aromatic nitrogens is 3. The van der Waals surface area contributed by atoms with E-state index in [0.29, 0.717) is 11.1 Å². The van der Waals surface area contributed by atoms with Gasteiger partial charge in [-0.2, -0.15) is 5.26 Å². The predicted octanol–water partition coefficient (Wildman–Crippen LogP) is 3.26. The lowest BCUT2D eigenvalue weighted by molar-refractivity contribution is 0.870. The summed E-state index contributed by atoms with van der Waals surface area (Å²) in [6, 6.07) is 19.5. The molecule has 0 aliphatic carbocycles. The maximum absolute atomic E-state index is 12.2. The molecule has 2 heterocycles. The molecule has 0 radical (unpaired) electrons. The van der Waals surface area contributed by atoms with E-state index >= 15 is 0 Å². The van der Waals surface area contributed by atoms with Crippen molar-refractivity contribution in [2.24, 2.45) is 7.05 Å². The van der Waals surface area contributed by atoms with Gasteiger partial charge in [0, 0.05) is 18.9 Å². The van der Waals surface area contributed by atoms with Gasteiger partial charge in [-0.05, 0) is 35.4 Å². The van der Waals surface area contributed by atoms with E-state index in [1.165, 1.54) is 4.57 Å². The number of nitrogens with zero attached hydrogens (tertiary/aromatic N) is 4. The third kappa shape index (κ3) is 2.41. The molecule has 0 saturated carbocycles. The zero-order valence-electron chi connectivity index (χ0n) is 13.5. The molecule has 4 rings (SSSR count). The number of imidazole rings is 1. The Morgan fingerprint density at radius 2 is 1.92 bits per heavy atom. The van der Waals surface area contributed by atoms with E-state index in [4.69, 9.17) is 0 Å². The minimum atomic E-state index is -0.123. The molecule has 0 aliphatic heterocycles. The smallest absolute Gasteiger partial charge is 0.278 e. The molecule has 5 nitrogen and oxygen atoms in total. The average molecular weight is 326 g/mol. The summed E-state index contributed by atoms with van der Waals surface area (Å²) >= 11 is 0. The second-order valence-electron chi connectivity index (χ2n) is 5.79. The minimum Gasteiger partial charge on any atom is -0.317 e. The van der Waals surface area contributed by atoms with Gasteiger partial charge < -0.3 is 4.57 Å². The highest BCUT2D eigenvalue weighted by Crippen LogP contribution is 2.26. The number of fused-ring (bicyclic) bond motifs is 1. The molecule has 0 amide bonds. The SMILES string of the molecule is Cn1ccc2c(ncn2-c2cccc(-c3ccccc3C#N)c2)c1=O. The van der Waals surface area contributed by atoms with Crippen LogP contribution in [0, 0.1) is 11.3 Å². The van der Waals surface area contributed by atoms with Crippen LogP contribution in [-0.4, -0.2) is 14.1 Å². The summed E-state index contributed by atoms with van der Waals surface area (Å²) in [6.45, 7) is 0. The van der Waals surface area contributed by atoms with Crippen molar-refractivity contribution in [1.82, 2.24) is 14.1 Å². The first-order chi connectivity index (χ1) is 12.2. The fraction of sp³-hybridized carbons (Fsp3) is 0.0500. The minimum absolute atomic E-state index is 0.123. The molecule has 25 heavy (non-hydrogen) atoms. The number of hydrogen-bond donors (Lipinski definition) is 0. The molecule has 0 saturated heterocycles. The monoisotopic (exact) mass is 326 g/mol. The van der Waals surface area contributed by atoms with E-state index in [0.717, 1.165) is 22.3 Å². The van der Waals surface area contributed by atoms with Gasteiger partial charge >= 0.3 is 0 Å². The summed E-state index contributed by atoms with van der Waals surface area (Å²) in [5.74, 6) is 0. The van der Waals surface area contributed by atoms with Gasteiger partial charge in [0.15, 0.2) is 5.52 Å². The molecule has 0 aliphatic rings. The van der Waals surface area contributed by atoms with Crippen LogP contribution >= 0.6 is 0 Å². The molecule has 0 unspecified atom stereocenters. The first-order valence-electron chi connectivity index (χ1n) is 7.81. The fourth-order valence-electron chi connectivity index (χ4n) is 2.96. The molecule has 0 bridgehead atoms. The van der Waals surface area contributed by atoms with Crippen molar-refractivity contribution in [3.8, 4) is 22.9 Å². The Kier molecular flexibility index (Phi) is 3.44. The fourth-order valence-corrected chi connectivity index (χ4v) is 2.96. The Balaban J connectivity index is 1.90. The van der Waals surface area contributed by atoms with E-state index in [1.807, 2.05) is 53.1 Å². The van der Waals surface area contributed by atoms with Crippen molar-refractivity contribution in [2.75, 3.05) is 0 Å². The first-order valence-corrected chi connectivity index (χ1v) is 7.81. The highest BCUT2D eigenvalue weighted by molar-refractivity contribution is 5.78. The van der Waals surface area contributed by atoms with Crippen molar-refractivity contribution >= 4 is 11.0 Å². The maximum atomic E-state index is 12.2. The number of aryl methyl sites for hydroxylation is 1. The maximum Gasteiger partial charge on any atom is 0.278 e. The number of hydrogen-bond acceptors (Lipinski definition) is 3. The van der Waals surface area contributed by atoms with Gasteiger partial charge in [-0.3, -0.25) is 9.36 Å². The third-order valence-electron chi connectivity index (χ3n) is 4.27. The van der Waals surface area contributed by atoms with E-state index in [1.54, 1.807) is 25.6 Å². The topological polar surface area (TPSA) is 63.6 Å². The molecule has 2 aromatic carbocycles. The zero-order chi connectivity index (χ0) is 17.4. The van der Waals surface area contributed by atoms with Crippen LogP contribution in [0.3, 0.4) is 0 Å². The Bertz CT molecular complexity index is 1190. The highest BCUT2D eigenvalue weighted by Gasteiger charge is 2.10. The number of pyridine rings is 1. The van der Waals surface area contributed by atoms with Crippen LogP contribution in [-0.2, 0) is 7.05 Å². The van der Waals surface area contributed by atoms with Gasteiger partial charge in [-0.25, -0.2) is 4.98 Å². The van der Waals surface area contributed by atoms with Crippen LogP contribution in [0.25, 0.3) is 27.8 Å². The van der Waals surface area contributed by atoms with Crippen LogP contribution < -0.4 is 5.56 Å². The largest absolute Gasteiger partial charge is 0.317 e. The summed E-state index contributed by atoms with van der Waals surface area (Å²) in [6.07, 6.45) is 3.39. The van der Waals surface area contributed by atoms with Gasteiger partial charge in [0.05, 0.1) is 17.1 Å². The average Bonchev–Trinajstić information content (AvgIpc) is 3.09. The van der Waals surface area contributed by atoms with Crippen molar-refractivity contribution in [2.45, 2.75) is 0 Å². The molecular formula is C20H14N4O. The Morgan fingerprint density at radius 3 is 2.76 bits per heavy atom. The van der Waals surface area contributed by atoms with Crippen LogP contribution in [0.4, 0.5) is 0 Å². The number of nitriles is 1. The van der Waals surface area contributed by atoms with E-state index in [-0.39, 0.29) is 5.56 Å². The first kappa shape index (κ1) is 14.9. The van der Waals surface area contributed by atoms with Crippen molar-refractivity contribution in [3.05, 3.63) is 83.0 Å². The summed E-state index contributed by atoms with van der Waals surface area (Å²) in [5, 5.41) is 9.33. The van der Waals surface area contributed by atoms with Gasteiger partial charge in [0.2, 0.25) is 0 Å². The molecule has 0 fully saturated rings. The lowest BCUT2D eigenvalue weighted by atomic mass is 10.00. The lowest BCUT2D eigenvalue weighted by Crippen LogP contribution is -2.15. The highest BCUT2D eigenvalue weighted by atomic mass is 16.1. The Hall–Kier alpha value is -3.65. The van der Waals surface area contributed by atoms with Crippen LogP contribution in [0.2, 0.25) is 0 Å². The van der Waals surface area contributed by atoms with Gasteiger partial charge in [0.25, 0.3) is 5.56 Å². The van der Waals surface area contributed by atoms with E-state index in [2.05, 4.69) is 11.1 Å².